The van der Waals surface area contributed by atoms with Gasteiger partial charge in [-0.2, -0.15) is 0 Å². The van der Waals surface area contributed by atoms with Gasteiger partial charge in [0.25, 0.3) is 0 Å². The van der Waals surface area contributed by atoms with Gasteiger partial charge in [-0.1, -0.05) is 0 Å². The fourth-order valence-electron chi connectivity index (χ4n) is 0.806. The molecule has 0 atom stereocenters. The summed E-state index contributed by atoms with van der Waals surface area (Å²) in [5.41, 5.74) is 3.54. The van der Waals surface area contributed by atoms with E-state index in [1.807, 2.05) is 0 Å². The van der Waals surface area contributed by atoms with Crippen LogP contribution in [0, 0.1) is 5.41 Å². The van der Waals surface area contributed by atoms with Crippen LogP contribution in [0.4, 0.5) is 0 Å². The van der Waals surface area contributed by atoms with Gasteiger partial charge in [-0.3, -0.25) is 9.59 Å². The largest absolute Gasteiger partial charge is 0.480 e. The summed E-state index contributed by atoms with van der Waals surface area (Å²) in [4.78, 5) is 21.0. The second-order valence-electron chi connectivity index (χ2n) is 2.36. The number of primary amides is 1. The molecular weight excluding hydrogens is 136 g/mol. The Bertz CT molecular complexity index is 169. The molecule has 1 aliphatic heterocycles. The van der Waals surface area contributed by atoms with Gasteiger partial charge in [0, 0.05) is 13.1 Å². The number of rotatable bonds is 2. The van der Waals surface area contributed by atoms with E-state index in [0.717, 1.165) is 0 Å². The SMILES string of the molecule is NC(=O)C1(C(=O)O)CNC1. The van der Waals surface area contributed by atoms with Crippen molar-refractivity contribution in [2.75, 3.05) is 13.1 Å². The number of nitrogens with one attached hydrogen (secondary N) is 1. The number of carboxylic acids is 1. The highest BCUT2D eigenvalue weighted by Gasteiger charge is 2.50. The van der Waals surface area contributed by atoms with E-state index < -0.39 is 17.3 Å². The van der Waals surface area contributed by atoms with Gasteiger partial charge in [0.05, 0.1) is 0 Å². The second kappa shape index (κ2) is 1.95. The minimum Gasteiger partial charge on any atom is -0.480 e. The van der Waals surface area contributed by atoms with Gasteiger partial charge >= 0.3 is 5.97 Å². The van der Waals surface area contributed by atoms with Crippen molar-refractivity contribution < 1.29 is 14.7 Å². The first-order chi connectivity index (χ1) is 4.59. The third-order valence-corrected chi connectivity index (χ3v) is 1.73. The maximum Gasteiger partial charge on any atom is 0.321 e. The molecule has 0 spiro atoms. The number of hydrogen-bond acceptors (Lipinski definition) is 3. The van der Waals surface area contributed by atoms with E-state index in [0.29, 0.717) is 0 Å². The van der Waals surface area contributed by atoms with E-state index in [9.17, 15) is 9.59 Å². The Kier molecular flexibility index (Phi) is 1.37. The molecule has 10 heavy (non-hydrogen) atoms. The molecular formula is C5H8N2O3. The van der Waals surface area contributed by atoms with Crippen LogP contribution in [0.5, 0.6) is 0 Å². The zero-order valence-electron chi connectivity index (χ0n) is 5.26. The average Bonchev–Trinajstić information content (AvgIpc) is 1.57. The van der Waals surface area contributed by atoms with Gasteiger partial charge in [-0.25, -0.2) is 0 Å². The zero-order chi connectivity index (χ0) is 7.78. The van der Waals surface area contributed by atoms with E-state index in [1.165, 1.54) is 0 Å². The molecule has 56 valence electrons. The lowest BCUT2D eigenvalue weighted by Gasteiger charge is -2.35. The topological polar surface area (TPSA) is 92.4 Å². The molecule has 1 fully saturated rings. The van der Waals surface area contributed by atoms with Gasteiger partial charge in [0.1, 0.15) is 0 Å². The number of carbonyl (C=O) groups excluding carboxylic acids is 1. The van der Waals surface area contributed by atoms with Crippen LogP contribution >= 0.6 is 0 Å². The Hall–Kier alpha value is -1.10. The highest BCUT2D eigenvalue weighted by atomic mass is 16.4. The minimum absolute atomic E-state index is 0.150. The molecule has 5 heteroatoms. The van der Waals surface area contributed by atoms with Crippen molar-refractivity contribution in [2.24, 2.45) is 11.1 Å². The highest BCUT2D eigenvalue weighted by molar-refractivity contribution is 6.02. The summed E-state index contributed by atoms with van der Waals surface area (Å²) in [7, 11) is 0. The van der Waals surface area contributed by atoms with E-state index in [2.05, 4.69) is 5.32 Å². The first-order valence-corrected chi connectivity index (χ1v) is 2.83. The maximum atomic E-state index is 10.5. The minimum atomic E-state index is -1.33. The number of aliphatic carboxylic acids is 1. The van der Waals surface area contributed by atoms with Crippen LogP contribution in [-0.4, -0.2) is 30.1 Å². The standard InChI is InChI=1S/C5H8N2O3/c6-3(8)5(4(9)10)1-7-2-5/h7H,1-2H2,(H2,6,8)(H,9,10). The number of amides is 1. The van der Waals surface area contributed by atoms with Crippen LogP contribution in [0.2, 0.25) is 0 Å². The Balaban J connectivity index is 2.78. The van der Waals surface area contributed by atoms with Crippen LogP contribution in [0.3, 0.4) is 0 Å². The molecule has 0 aromatic carbocycles. The molecule has 0 unspecified atom stereocenters. The summed E-state index contributed by atoms with van der Waals surface area (Å²) in [6, 6.07) is 0. The van der Waals surface area contributed by atoms with Crippen molar-refractivity contribution in [3.05, 3.63) is 0 Å². The second-order valence-corrected chi connectivity index (χ2v) is 2.36. The normalized spacial score (nSPS) is 21.2. The Morgan fingerprint density at radius 1 is 1.50 bits per heavy atom. The van der Waals surface area contributed by atoms with Gasteiger partial charge in [-0.15, -0.1) is 0 Å². The molecule has 0 aromatic rings. The van der Waals surface area contributed by atoms with Crippen molar-refractivity contribution in [1.82, 2.24) is 5.32 Å². The van der Waals surface area contributed by atoms with E-state index in [1.54, 1.807) is 0 Å². The fourth-order valence-corrected chi connectivity index (χ4v) is 0.806. The van der Waals surface area contributed by atoms with E-state index in [-0.39, 0.29) is 13.1 Å². The van der Waals surface area contributed by atoms with Crippen molar-refractivity contribution in [3.63, 3.8) is 0 Å². The summed E-state index contributed by atoms with van der Waals surface area (Å²) in [6.07, 6.45) is 0. The Morgan fingerprint density at radius 3 is 2.00 bits per heavy atom. The van der Waals surface area contributed by atoms with Crippen molar-refractivity contribution in [3.8, 4) is 0 Å². The monoisotopic (exact) mass is 144 g/mol. The third kappa shape index (κ3) is 0.672. The van der Waals surface area contributed by atoms with Gasteiger partial charge in [-0.05, 0) is 0 Å². The van der Waals surface area contributed by atoms with Crippen molar-refractivity contribution in [1.29, 1.82) is 0 Å². The summed E-state index contributed by atoms with van der Waals surface area (Å²) < 4.78 is 0. The van der Waals surface area contributed by atoms with E-state index >= 15 is 0 Å². The predicted octanol–water partition coefficient (Wildman–Crippen LogP) is -1.85. The quantitative estimate of drug-likeness (QED) is 0.396. The Labute approximate surface area is 57.2 Å². The Morgan fingerprint density at radius 2 is 2.00 bits per heavy atom. The molecule has 0 aromatic heterocycles. The van der Waals surface area contributed by atoms with Crippen LogP contribution in [0.25, 0.3) is 0 Å². The maximum absolute atomic E-state index is 10.5. The average molecular weight is 144 g/mol. The molecule has 1 rings (SSSR count). The molecule has 0 radical (unpaired) electrons. The van der Waals surface area contributed by atoms with Crippen LogP contribution in [-0.2, 0) is 9.59 Å². The molecule has 1 heterocycles. The molecule has 0 bridgehead atoms. The molecule has 4 N–H and O–H groups in total. The van der Waals surface area contributed by atoms with E-state index in [4.69, 9.17) is 10.8 Å². The summed E-state index contributed by atoms with van der Waals surface area (Å²) in [5, 5.41) is 11.2. The summed E-state index contributed by atoms with van der Waals surface area (Å²) >= 11 is 0. The molecule has 0 saturated carbocycles. The number of hydrogen-bond donors (Lipinski definition) is 3. The third-order valence-electron chi connectivity index (χ3n) is 1.73. The lowest BCUT2D eigenvalue weighted by molar-refractivity contribution is -0.158. The van der Waals surface area contributed by atoms with Crippen molar-refractivity contribution >= 4 is 11.9 Å². The molecule has 1 aliphatic rings. The molecule has 0 aliphatic carbocycles. The number of carbonyl (C=O) groups is 2. The number of nitrogens with two attached hydrogens (primary N) is 1. The lowest BCUT2D eigenvalue weighted by atomic mass is 9.81. The molecule has 5 nitrogen and oxygen atoms in total. The molecule has 1 amide bonds. The van der Waals surface area contributed by atoms with Crippen LogP contribution in [0.15, 0.2) is 0 Å². The fraction of sp³-hybridized carbons (Fsp3) is 0.600. The predicted molar refractivity (Wildman–Crippen MR) is 32.1 cm³/mol. The number of carboxylic acid groups (broad SMARTS) is 1. The zero-order valence-corrected chi connectivity index (χ0v) is 5.26. The first-order valence-electron chi connectivity index (χ1n) is 2.83. The van der Waals surface area contributed by atoms with Crippen LogP contribution < -0.4 is 11.1 Å². The first kappa shape index (κ1) is 7.01. The lowest BCUT2D eigenvalue weighted by Crippen LogP contribution is -2.64. The summed E-state index contributed by atoms with van der Waals surface area (Å²) in [5.74, 6) is -1.91. The smallest absolute Gasteiger partial charge is 0.321 e. The summed E-state index contributed by atoms with van der Waals surface area (Å²) in [6.45, 7) is 0.301. The van der Waals surface area contributed by atoms with Crippen LogP contribution in [0.1, 0.15) is 0 Å². The van der Waals surface area contributed by atoms with Gasteiger partial charge < -0.3 is 16.2 Å². The van der Waals surface area contributed by atoms with Crippen molar-refractivity contribution in [2.45, 2.75) is 0 Å². The molecule has 1 saturated heterocycles. The van der Waals surface area contributed by atoms with Gasteiger partial charge in [0.2, 0.25) is 5.91 Å². The highest BCUT2D eigenvalue weighted by Crippen LogP contribution is 2.21. The van der Waals surface area contributed by atoms with Gasteiger partial charge in [0.15, 0.2) is 5.41 Å².